The third-order valence-corrected chi connectivity index (χ3v) is 5.86. The number of allylic oxidation sites excluding steroid dienone is 3. The van der Waals surface area contributed by atoms with Gasteiger partial charge in [0.05, 0.1) is 7.11 Å². The molecule has 3 rings (SSSR count). The Morgan fingerprint density at radius 1 is 1.32 bits per heavy atom. The Morgan fingerprint density at radius 2 is 2.09 bits per heavy atom. The summed E-state index contributed by atoms with van der Waals surface area (Å²) in [6.45, 7) is 6.32. The molecule has 1 nitrogen and oxygen atoms in total. The van der Waals surface area contributed by atoms with E-state index < -0.39 is 0 Å². The van der Waals surface area contributed by atoms with Crippen LogP contribution in [0.4, 0.5) is 0 Å². The summed E-state index contributed by atoms with van der Waals surface area (Å²) in [6, 6.07) is 8.56. The minimum absolute atomic E-state index is 0.409. The summed E-state index contributed by atoms with van der Waals surface area (Å²) in [5.74, 6) is 2.64. The van der Waals surface area contributed by atoms with Gasteiger partial charge in [0.2, 0.25) is 0 Å². The van der Waals surface area contributed by atoms with Crippen molar-refractivity contribution in [2.75, 3.05) is 7.11 Å². The van der Waals surface area contributed by atoms with Gasteiger partial charge < -0.3 is 4.74 Å². The first kappa shape index (κ1) is 15.4. The van der Waals surface area contributed by atoms with E-state index in [1.165, 1.54) is 43.2 Å². The van der Waals surface area contributed by atoms with E-state index in [2.05, 4.69) is 49.9 Å². The Morgan fingerprint density at radius 3 is 2.73 bits per heavy atom. The van der Waals surface area contributed by atoms with Gasteiger partial charge in [0.15, 0.2) is 0 Å². The lowest BCUT2D eigenvalue weighted by molar-refractivity contribution is 0.00185. The molecule has 1 aromatic rings. The lowest BCUT2D eigenvalue weighted by atomic mass is 9.52. The lowest BCUT2D eigenvalue weighted by Crippen LogP contribution is -2.45. The summed E-state index contributed by atoms with van der Waals surface area (Å²) in [7, 11) is 1.72. The molecule has 0 heterocycles. The maximum atomic E-state index is 5.27. The van der Waals surface area contributed by atoms with Crippen molar-refractivity contribution < 1.29 is 4.74 Å². The third kappa shape index (κ3) is 2.51. The van der Waals surface area contributed by atoms with E-state index in [9.17, 15) is 0 Å². The molecule has 1 unspecified atom stereocenters. The molecule has 0 aromatic heterocycles. The van der Waals surface area contributed by atoms with Gasteiger partial charge in [-0.1, -0.05) is 44.1 Å². The lowest BCUT2D eigenvalue weighted by Gasteiger charge is -2.52. The number of fused-ring (bicyclic) bond motifs is 1. The topological polar surface area (TPSA) is 9.23 Å². The van der Waals surface area contributed by atoms with Gasteiger partial charge in [0, 0.05) is 0 Å². The van der Waals surface area contributed by atoms with Crippen LogP contribution in [-0.4, -0.2) is 7.11 Å². The standard InChI is InChI=1S/C21H28O/c1-4-6-7-18-14-19-13-17(15-21(18,19)12-5-2)16-8-10-20(22-3)11-9-16/h5,8-11,15,18-19H,2,4,6-7,12-14H2,1,3H3/t18-,19?,21-/m0/s1. The predicted octanol–water partition coefficient (Wildman–Crippen LogP) is 5.87. The van der Waals surface area contributed by atoms with E-state index in [0.29, 0.717) is 5.41 Å². The molecule has 1 heteroatoms. The Balaban J connectivity index is 1.83. The van der Waals surface area contributed by atoms with Crippen molar-refractivity contribution in [2.45, 2.75) is 45.4 Å². The quantitative estimate of drug-likeness (QED) is 0.572. The normalized spacial score (nSPS) is 29.5. The third-order valence-electron chi connectivity index (χ3n) is 5.86. The number of hydrogen-bond donors (Lipinski definition) is 0. The first-order valence-electron chi connectivity index (χ1n) is 8.70. The zero-order valence-electron chi connectivity index (χ0n) is 14.0. The molecule has 0 amide bonds. The Kier molecular flexibility index (Phi) is 4.42. The molecule has 118 valence electrons. The number of rotatable bonds is 7. The van der Waals surface area contributed by atoms with Crippen LogP contribution >= 0.6 is 0 Å². The molecule has 0 aliphatic heterocycles. The second-order valence-corrected chi connectivity index (χ2v) is 6.98. The van der Waals surface area contributed by atoms with Crippen LogP contribution < -0.4 is 4.74 Å². The molecular formula is C21H28O. The van der Waals surface area contributed by atoms with Crippen molar-refractivity contribution >= 4 is 5.57 Å². The van der Waals surface area contributed by atoms with Crippen LogP contribution in [0.1, 0.15) is 51.0 Å². The average Bonchev–Trinajstić information content (AvgIpc) is 2.82. The van der Waals surface area contributed by atoms with Gasteiger partial charge >= 0.3 is 0 Å². The van der Waals surface area contributed by atoms with Gasteiger partial charge in [-0.25, -0.2) is 0 Å². The molecule has 2 aliphatic rings. The summed E-state index contributed by atoms with van der Waals surface area (Å²) in [5, 5.41) is 0. The largest absolute Gasteiger partial charge is 0.497 e. The maximum absolute atomic E-state index is 5.27. The fourth-order valence-electron chi connectivity index (χ4n) is 4.60. The summed E-state index contributed by atoms with van der Waals surface area (Å²) in [4.78, 5) is 0. The fraction of sp³-hybridized carbons (Fsp3) is 0.524. The summed E-state index contributed by atoms with van der Waals surface area (Å²) >= 11 is 0. The van der Waals surface area contributed by atoms with Crippen molar-refractivity contribution in [2.24, 2.45) is 17.3 Å². The van der Waals surface area contributed by atoms with Crippen LogP contribution in [0, 0.1) is 17.3 Å². The van der Waals surface area contributed by atoms with Gasteiger partial charge in [-0.05, 0) is 66.2 Å². The van der Waals surface area contributed by atoms with Crippen LogP contribution in [0.5, 0.6) is 5.75 Å². The average molecular weight is 296 g/mol. The molecule has 0 radical (unpaired) electrons. The summed E-state index contributed by atoms with van der Waals surface area (Å²) in [6.07, 6.45) is 12.6. The number of ether oxygens (including phenoxy) is 1. The number of unbranched alkanes of at least 4 members (excludes halogenated alkanes) is 1. The summed E-state index contributed by atoms with van der Waals surface area (Å²) < 4.78 is 5.27. The van der Waals surface area contributed by atoms with E-state index in [4.69, 9.17) is 4.74 Å². The second-order valence-electron chi connectivity index (χ2n) is 6.98. The van der Waals surface area contributed by atoms with E-state index in [0.717, 1.165) is 24.0 Å². The molecule has 0 bridgehead atoms. The number of hydrogen-bond acceptors (Lipinski definition) is 1. The van der Waals surface area contributed by atoms with Crippen molar-refractivity contribution in [3.63, 3.8) is 0 Å². The van der Waals surface area contributed by atoms with Gasteiger partial charge in [0.1, 0.15) is 5.75 Å². The smallest absolute Gasteiger partial charge is 0.118 e. The maximum Gasteiger partial charge on any atom is 0.118 e. The Hall–Kier alpha value is -1.50. The zero-order chi connectivity index (χ0) is 15.6. The van der Waals surface area contributed by atoms with Gasteiger partial charge in [-0.2, -0.15) is 0 Å². The second kappa shape index (κ2) is 6.32. The first-order chi connectivity index (χ1) is 10.7. The molecule has 22 heavy (non-hydrogen) atoms. The van der Waals surface area contributed by atoms with Crippen LogP contribution in [0.3, 0.4) is 0 Å². The summed E-state index contributed by atoms with van der Waals surface area (Å²) in [5.41, 5.74) is 3.31. The molecule has 1 aromatic carbocycles. The fourth-order valence-corrected chi connectivity index (χ4v) is 4.60. The van der Waals surface area contributed by atoms with E-state index in [-0.39, 0.29) is 0 Å². The molecule has 1 fully saturated rings. The van der Waals surface area contributed by atoms with E-state index in [1.54, 1.807) is 7.11 Å². The predicted molar refractivity (Wildman–Crippen MR) is 94.0 cm³/mol. The van der Waals surface area contributed by atoms with Crippen molar-refractivity contribution in [3.05, 3.63) is 48.6 Å². The van der Waals surface area contributed by atoms with Crippen LogP contribution in [0.15, 0.2) is 43.0 Å². The van der Waals surface area contributed by atoms with Gasteiger partial charge in [-0.3, -0.25) is 0 Å². The molecule has 0 spiro atoms. The minimum atomic E-state index is 0.409. The highest BCUT2D eigenvalue weighted by atomic mass is 16.5. The SMILES string of the molecule is C=CC[C@@]12C=C(c3ccc(OC)cc3)CC1C[C@@H]2CCCC. The number of benzene rings is 1. The Labute approximate surface area is 135 Å². The molecule has 1 saturated carbocycles. The molecular weight excluding hydrogens is 268 g/mol. The van der Waals surface area contributed by atoms with Gasteiger partial charge in [0.25, 0.3) is 0 Å². The Bertz CT molecular complexity index is 554. The van der Waals surface area contributed by atoms with E-state index in [1.807, 2.05) is 0 Å². The first-order valence-corrected chi connectivity index (χ1v) is 8.70. The zero-order valence-corrected chi connectivity index (χ0v) is 14.0. The van der Waals surface area contributed by atoms with Crippen molar-refractivity contribution in [1.29, 1.82) is 0 Å². The van der Waals surface area contributed by atoms with Crippen LogP contribution in [0.25, 0.3) is 5.57 Å². The highest BCUT2D eigenvalue weighted by molar-refractivity contribution is 5.70. The highest BCUT2D eigenvalue weighted by Crippen LogP contribution is 2.64. The molecule has 0 saturated heterocycles. The van der Waals surface area contributed by atoms with Crippen molar-refractivity contribution in [3.8, 4) is 5.75 Å². The van der Waals surface area contributed by atoms with Crippen LogP contribution in [0.2, 0.25) is 0 Å². The molecule has 0 N–H and O–H groups in total. The minimum Gasteiger partial charge on any atom is -0.497 e. The van der Waals surface area contributed by atoms with Crippen LogP contribution in [-0.2, 0) is 0 Å². The van der Waals surface area contributed by atoms with E-state index >= 15 is 0 Å². The molecule has 2 aliphatic carbocycles. The number of methoxy groups -OCH3 is 1. The monoisotopic (exact) mass is 296 g/mol. The highest BCUT2D eigenvalue weighted by Gasteiger charge is 2.54. The van der Waals surface area contributed by atoms with Crippen molar-refractivity contribution in [1.82, 2.24) is 0 Å². The van der Waals surface area contributed by atoms with Gasteiger partial charge in [-0.15, -0.1) is 6.58 Å². The molecule has 3 atom stereocenters.